The lowest BCUT2D eigenvalue weighted by molar-refractivity contribution is 0.411. The van der Waals surface area contributed by atoms with E-state index < -0.39 is 0 Å². The molecule has 1 rings (SSSR count). The van der Waals surface area contributed by atoms with Crippen LogP contribution in [0.15, 0.2) is 22.7 Å². The van der Waals surface area contributed by atoms with E-state index in [4.69, 9.17) is 4.74 Å². The molecule has 0 aliphatic heterocycles. The molecular weight excluding hydrogens is 344 g/mol. The number of halogens is 2. The minimum atomic E-state index is 0.704. The summed E-state index contributed by atoms with van der Waals surface area (Å²) in [4.78, 5) is 0. The Kier molecular flexibility index (Phi) is 6.57. The molecule has 0 saturated heterocycles. The normalized spacial score (nSPS) is 12.8. The fourth-order valence-corrected chi connectivity index (χ4v) is 3.12. The van der Waals surface area contributed by atoms with Gasteiger partial charge in [0.05, 0.1) is 11.6 Å². The van der Waals surface area contributed by atoms with Crippen LogP contribution >= 0.6 is 31.9 Å². The molecule has 0 amide bonds. The Morgan fingerprint density at radius 3 is 2.47 bits per heavy atom. The Balaban J connectivity index is 2.69. The van der Waals surface area contributed by atoms with Gasteiger partial charge in [-0.15, -0.1) is 0 Å². The Hall–Kier alpha value is -0.0200. The average molecular weight is 364 g/mol. The van der Waals surface area contributed by atoms with Crippen molar-refractivity contribution < 1.29 is 4.74 Å². The van der Waals surface area contributed by atoms with Gasteiger partial charge in [-0.2, -0.15) is 0 Å². The summed E-state index contributed by atoms with van der Waals surface area (Å²) >= 11 is 7.15. The molecule has 1 aromatic carbocycles. The van der Waals surface area contributed by atoms with Crippen LogP contribution in [0.1, 0.15) is 25.8 Å². The molecule has 0 radical (unpaired) electrons. The van der Waals surface area contributed by atoms with E-state index in [1.165, 1.54) is 12.0 Å². The molecule has 17 heavy (non-hydrogen) atoms. The van der Waals surface area contributed by atoms with E-state index >= 15 is 0 Å². The highest BCUT2D eigenvalue weighted by Crippen LogP contribution is 2.28. The lowest BCUT2D eigenvalue weighted by Crippen LogP contribution is -2.09. The van der Waals surface area contributed by atoms with Gasteiger partial charge in [-0.1, -0.05) is 35.8 Å². The van der Waals surface area contributed by atoms with Gasteiger partial charge in [0.2, 0.25) is 0 Å². The number of methoxy groups -OCH3 is 1. The second kappa shape index (κ2) is 7.42. The molecule has 1 aromatic rings. The molecule has 0 N–H and O–H groups in total. The van der Waals surface area contributed by atoms with Gasteiger partial charge in [0, 0.05) is 5.33 Å². The second-order valence-corrected chi connectivity index (χ2v) is 6.32. The molecular formula is C14H20Br2O. The summed E-state index contributed by atoms with van der Waals surface area (Å²) in [5.74, 6) is 2.35. The number of benzene rings is 1. The summed E-state index contributed by atoms with van der Waals surface area (Å²) < 4.78 is 6.28. The van der Waals surface area contributed by atoms with E-state index in [0.717, 1.165) is 27.9 Å². The Morgan fingerprint density at radius 1 is 1.29 bits per heavy atom. The van der Waals surface area contributed by atoms with Gasteiger partial charge in [-0.3, -0.25) is 0 Å². The Labute approximate surface area is 121 Å². The fourth-order valence-electron chi connectivity index (χ4n) is 2.04. The predicted molar refractivity (Wildman–Crippen MR) is 81.1 cm³/mol. The maximum atomic E-state index is 5.24. The van der Waals surface area contributed by atoms with Crippen molar-refractivity contribution in [2.24, 2.45) is 11.8 Å². The molecule has 3 heteroatoms. The largest absolute Gasteiger partial charge is 0.496 e. The first-order chi connectivity index (χ1) is 8.06. The van der Waals surface area contributed by atoms with Crippen LogP contribution in [0, 0.1) is 11.8 Å². The van der Waals surface area contributed by atoms with Gasteiger partial charge >= 0.3 is 0 Å². The van der Waals surface area contributed by atoms with Crippen LogP contribution < -0.4 is 4.74 Å². The van der Waals surface area contributed by atoms with E-state index in [2.05, 4.69) is 57.8 Å². The highest BCUT2D eigenvalue weighted by molar-refractivity contribution is 9.10. The SMILES string of the molecule is COc1ccc(CC(CBr)CC(C)C)cc1Br. The predicted octanol–water partition coefficient (Wildman–Crippen LogP) is 5.06. The van der Waals surface area contributed by atoms with Crippen LogP contribution in [-0.2, 0) is 6.42 Å². The molecule has 1 nitrogen and oxygen atoms in total. The summed E-state index contributed by atoms with van der Waals surface area (Å²) in [5, 5.41) is 1.06. The number of hydrogen-bond donors (Lipinski definition) is 0. The van der Waals surface area contributed by atoms with Gasteiger partial charge in [0.1, 0.15) is 5.75 Å². The molecule has 0 spiro atoms. The van der Waals surface area contributed by atoms with Gasteiger partial charge in [-0.25, -0.2) is 0 Å². The van der Waals surface area contributed by atoms with Crippen molar-refractivity contribution in [3.05, 3.63) is 28.2 Å². The van der Waals surface area contributed by atoms with Gasteiger partial charge in [0.25, 0.3) is 0 Å². The fraction of sp³-hybridized carbons (Fsp3) is 0.571. The second-order valence-electron chi connectivity index (χ2n) is 4.82. The molecule has 0 aromatic heterocycles. The Morgan fingerprint density at radius 2 is 2.00 bits per heavy atom. The third-order valence-electron chi connectivity index (χ3n) is 2.76. The third kappa shape index (κ3) is 5.01. The van der Waals surface area contributed by atoms with Crippen molar-refractivity contribution in [2.75, 3.05) is 12.4 Å². The minimum absolute atomic E-state index is 0.704. The third-order valence-corrected chi connectivity index (χ3v) is 4.30. The molecule has 0 heterocycles. The summed E-state index contributed by atoms with van der Waals surface area (Å²) in [6.45, 7) is 4.55. The first-order valence-electron chi connectivity index (χ1n) is 5.95. The van der Waals surface area contributed by atoms with Crippen molar-refractivity contribution in [3.8, 4) is 5.75 Å². The summed E-state index contributed by atoms with van der Waals surface area (Å²) in [6.07, 6.45) is 2.38. The first kappa shape index (κ1) is 15.0. The lowest BCUT2D eigenvalue weighted by Gasteiger charge is -2.17. The topological polar surface area (TPSA) is 9.23 Å². The zero-order chi connectivity index (χ0) is 12.8. The molecule has 0 bridgehead atoms. The maximum Gasteiger partial charge on any atom is 0.133 e. The van der Waals surface area contributed by atoms with Gasteiger partial charge < -0.3 is 4.74 Å². The van der Waals surface area contributed by atoms with Crippen LogP contribution in [-0.4, -0.2) is 12.4 Å². The molecule has 0 saturated carbocycles. The zero-order valence-corrected chi connectivity index (χ0v) is 13.8. The summed E-state index contributed by atoms with van der Waals surface area (Å²) in [7, 11) is 1.69. The van der Waals surface area contributed by atoms with E-state index in [9.17, 15) is 0 Å². The van der Waals surface area contributed by atoms with Gasteiger partial charge in [0.15, 0.2) is 0 Å². The van der Waals surface area contributed by atoms with E-state index in [0.29, 0.717) is 5.92 Å². The summed E-state index contributed by atoms with van der Waals surface area (Å²) in [5.41, 5.74) is 1.36. The molecule has 1 atom stereocenters. The van der Waals surface area contributed by atoms with Crippen molar-refractivity contribution in [3.63, 3.8) is 0 Å². The van der Waals surface area contributed by atoms with Crippen LogP contribution in [0.5, 0.6) is 5.75 Å². The zero-order valence-electron chi connectivity index (χ0n) is 10.7. The highest BCUT2D eigenvalue weighted by atomic mass is 79.9. The average Bonchev–Trinajstić information content (AvgIpc) is 2.27. The number of ether oxygens (including phenoxy) is 1. The molecule has 96 valence electrons. The molecule has 0 aliphatic rings. The highest BCUT2D eigenvalue weighted by Gasteiger charge is 2.11. The van der Waals surface area contributed by atoms with E-state index in [1.807, 2.05) is 6.07 Å². The first-order valence-corrected chi connectivity index (χ1v) is 7.86. The number of rotatable bonds is 6. The minimum Gasteiger partial charge on any atom is -0.496 e. The van der Waals surface area contributed by atoms with Crippen molar-refractivity contribution in [2.45, 2.75) is 26.7 Å². The molecule has 0 fully saturated rings. The smallest absolute Gasteiger partial charge is 0.133 e. The van der Waals surface area contributed by atoms with Crippen LogP contribution in [0.2, 0.25) is 0 Å². The van der Waals surface area contributed by atoms with Gasteiger partial charge in [-0.05, 0) is 58.3 Å². The van der Waals surface area contributed by atoms with E-state index in [-0.39, 0.29) is 0 Å². The molecule has 0 aliphatic carbocycles. The van der Waals surface area contributed by atoms with Crippen molar-refractivity contribution >= 4 is 31.9 Å². The van der Waals surface area contributed by atoms with Crippen LogP contribution in [0.25, 0.3) is 0 Å². The maximum absolute atomic E-state index is 5.24. The molecule has 1 unspecified atom stereocenters. The van der Waals surface area contributed by atoms with Crippen molar-refractivity contribution in [1.82, 2.24) is 0 Å². The van der Waals surface area contributed by atoms with Crippen LogP contribution in [0.4, 0.5) is 0 Å². The standard InChI is InChI=1S/C14H20Br2O/c1-10(2)6-12(9-15)7-11-4-5-14(17-3)13(16)8-11/h4-5,8,10,12H,6-7,9H2,1-3H3. The monoisotopic (exact) mass is 362 g/mol. The quantitative estimate of drug-likeness (QED) is 0.642. The number of alkyl halides is 1. The number of hydrogen-bond acceptors (Lipinski definition) is 1. The van der Waals surface area contributed by atoms with Crippen LogP contribution in [0.3, 0.4) is 0 Å². The summed E-state index contributed by atoms with van der Waals surface area (Å²) in [6, 6.07) is 6.34. The lowest BCUT2D eigenvalue weighted by atomic mass is 9.92. The van der Waals surface area contributed by atoms with E-state index in [1.54, 1.807) is 7.11 Å². The Bertz CT molecular complexity index is 350. The van der Waals surface area contributed by atoms with Crippen molar-refractivity contribution in [1.29, 1.82) is 0 Å².